The van der Waals surface area contributed by atoms with Gasteiger partial charge in [-0.05, 0) is 36.4 Å². The summed E-state index contributed by atoms with van der Waals surface area (Å²) >= 11 is 0. The van der Waals surface area contributed by atoms with Gasteiger partial charge in [-0.1, -0.05) is 12.1 Å². The lowest BCUT2D eigenvalue weighted by atomic mass is 10.2. The van der Waals surface area contributed by atoms with E-state index in [1.807, 2.05) is 12.1 Å². The molecule has 1 aromatic heterocycles. The van der Waals surface area contributed by atoms with Gasteiger partial charge in [-0.2, -0.15) is 8.78 Å². The van der Waals surface area contributed by atoms with Crippen molar-refractivity contribution in [2.75, 3.05) is 31.1 Å². The number of hydrogen-bond acceptors (Lipinski definition) is 6. The van der Waals surface area contributed by atoms with Gasteiger partial charge >= 0.3 is 5.76 Å². The topological polar surface area (TPSA) is 86.4 Å². The second-order valence-electron chi connectivity index (χ2n) is 7.09. The van der Waals surface area contributed by atoms with Crippen LogP contribution in [0.25, 0.3) is 10.9 Å². The van der Waals surface area contributed by atoms with Crippen molar-refractivity contribution in [3.05, 3.63) is 64.7 Å². The molecule has 10 heteroatoms. The monoisotopic (exact) mass is 434 g/mol. The molecular weight excluding hydrogens is 414 g/mol. The van der Waals surface area contributed by atoms with E-state index in [-0.39, 0.29) is 10.5 Å². The molecule has 30 heavy (non-hydrogen) atoms. The fourth-order valence-electron chi connectivity index (χ4n) is 3.54. The van der Waals surface area contributed by atoms with Crippen LogP contribution in [-0.4, -0.2) is 55.2 Å². The molecule has 1 saturated heterocycles. The molecule has 1 aliphatic heterocycles. The molecule has 0 saturated carbocycles. The van der Waals surface area contributed by atoms with Crippen molar-refractivity contribution in [3.8, 4) is 0 Å². The molecule has 1 aliphatic rings. The zero-order valence-electron chi connectivity index (χ0n) is 16.0. The normalized spacial score (nSPS) is 15.8. The Kier molecular flexibility index (Phi) is 5.52. The van der Waals surface area contributed by atoms with Gasteiger partial charge in [0, 0.05) is 31.9 Å². The van der Waals surface area contributed by atoms with Crippen LogP contribution in [0.5, 0.6) is 0 Å². The largest absolute Gasteiger partial charge is 0.369 e. The molecule has 2 aromatic carbocycles. The van der Waals surface area contributed by atoms with Gasteiger partial charge in [-0.15, -0.1) is 0 Å². The van der Waals surface area contributed by atoms with Crippen LogP contribution in [0.1, 0.15) is 5.82 Å². The van der Waals surface area contributed by atoms with Gasteiger partial charge in [0.2, 0.25) is 9.84 Å². The summed E-state index contributed by atoms with van der Waals surface area (Å²) in [6.45, 7) is 3.30. The van der Waals surface area contributed by atoms with Crippen LogP contribution < -0.4 is 10.5 Å². The van der Waals surface area contributed by atoms with Crippen molar-refractivity contribution in [3.63, 3.8) is 0 Å². The molecule has 158 valence electrons. The van der Waals surface area contributed by atoms with E-state index in [1.165, 1.54) is 12.1 Å². The summed E-state index contributed by atoms with van der Waals surface area (Å²) in [6.07, 6.45) is 0. The first kappa shape index (κ1) is 20.4. The fraction of sp³-hybridized carbons (Fsp3) is 0.300. The molecular formula is C20H20F2N4O3S. The highest BCUT2D eigenvalue weighted by atomic mass is 32.2. The summed E-state index contributed by atoms with van der Waals surface area (Å²) < 4.78 is 48.4. The van der Waals surface area contributed by atoms with E-state index in [0.717, 1.165) is 5.69 Å². The molecule has 0 amide bonds. The first-order valence-electron chi connectivity index (χ1n) is 9.42. The number of fused-ring (bicyclic) bond motifs is 1. The van der Waals surface area contributed by atoms with Crippen LogP contribution in [0.15, 0.2) is 58.2 Å². The Hall–Kier alpha value is -2.85. The number of para-hydroxylation sites is 1. The van der Waals surface area contributed by atoms with Crippen LogP contribution >= 0.6 is 0 Å². The number of nitrogens with one attached hydrogen (secondary N) is 1. The van der Waals surface area contributed by atoms with E-state index in [2.05, 4.69) is 19.8 Å². The number of aromatic nitrogens is 2. The van der Waals surface area contributed by atoms with Gasteiger partial charge < -0.3 is 9.88 Å². The predicted molar refractivity (Wildman–Crippen MR) is 109 cm³/mol. The van der Waals surface area contributed by atoms with Crippen molar-refractivity contribution >= 4 is 26.4 Å². The maximum Gasteiger partial charge on any atom is 0.341 e. The third-order valence-electron chi connectivity index (χ3n) is 5.17. The van der Waals surface area contributed by atoms with E-state index >= 15 is 0 Å². The molecule has 4 rings (SSSR count). The standard InChI is InChI=1S/C20H20F2N4O3S/c21-20(22)30(28,29)15-7-5-14(6-8-15)26-11-9-25(10-12-26)13-18-23-17-4-2-1-3-16(17)19(27)24-18/h1-8,20H,9-13H2,(H,23,24,27). The van der Waals surface area contributed by atoms with Gasteiger partial charge in [0.05, 0.1) is 22.3 Å². The lowest BCUT2D eigenvalue weighted by Crippen LogP contribution is -2.46. The molecule has 2 heterocycles. The quantitative estimate of drug-likeness (QED) is 0.663. The summed E-state index contributed by atoms with van der Waals surface area (Å²) in [6, 6.07) is 12.7. The average molecular weight is 434 g/mol. The molecule has 1 fully saturated rings. The summed E-state index contributed by atoms with van der Waals surface area (Å²) in [7, 11) is -4.58. The van der Waals surface area contributed by atoms with E-state index < -0.39 is 15.6 Å². The number of rotatable bonds is 5. The van der Waals surface area contributed by atoms with E-state index in [1.54, 1.807) is 24.3 Å². The first-order valence-corrected chi connectivity index (χ1v) is 11.0. The molecule has 1 N–H and O–H groups in total. The van der Waals surface area contributed by atoms with Crippen molar-refractivity contribution in [1.82, 2.24) is 14.9 Å². The average Bonchev–Trinajstić information content (AvgIpc) is 2.74. The van der Waals surface area contributed by atoms with E-state index in [9.17, 15) is 22.0 Å². The number of hydrogen-bond donors (Lipinski definition) is 1. The molecule has 0 radical (unpaired) electrons. The SMILES string of the molecule is O=c1[nH]c(CN2CCN(c3ccc(S(=O)(=O)C(F)F)cc3)CC2)nc2ccccc12. The number of benzene rings is 2. The Bertz CT molecular complexity index is 1200. The van der Waals surface area contributed by atoms with Gasteiger partial charge in [0.1, 0.15) is 5.82 Å². The second-order valence-corrected chi connectivity index (χ2v) is 9.01. The van der Waals surface area contributed by atoms with Gasteiger partial charge in [-0.3, -0.25) is 9.69 Å². The van der Waals surface area contributed by atoms with Crippen molar-refractivity contribution < 1.29 is 17.2 Å². The number of nitrogens with zero attached hydrogens (tertiary/aromatic N) is 3. The van der Waals surface area contributed by atoms with Gasteiger partial charge in [0.25, 0.3) is 5.56 Å². The minimum absolute atomic E-state index is 0.159. The van der Waals surface area contributed by atoms with Crippen LogP contribution in [0.4, 0.5) is 14.5 Å². The van der Waals surface area contributed by atoms with Crippen LogP contribution in [0.2, 0.25) is 0 Å². The molecule has 3 aromatic rings. The minimum Gasteiger partial charge on any atom is -0.369 e. The van der Waals surface area contributed by atoms with Crippen LogP contribution in [-0.2, 0) is 16.4 Å². The number of sulfone groups is 1. The third kappa shape index (κ3) is 4.05. The maximum atomic E-state index is 12.7. The molecule has 0 aliphatic carbocycles. The lowest BCUT2D eigenvalue weighted by molar-refractivity contribution is 0.234. The summed E-state index contributed by atoms with van der Waals surface area (Å²) in [5.41, 5.74) is 1.28. The first-order chi connectivity index (χ1) is 14.3. The number of aromatic amines is 1. The lowest BCUT2D eigenvalue weighted by Gasteiger charge is -2.35. The maximum absolute atomic E-state index is 12.7. The number of anilines is 1. The zero-order chi connectivity index (χ0) is 21.3. The molecule has 7 nitrogen and oxygen atoms in total. The Morgan fingerprint density at radius 2 is 1.67 bits per heavy atom. The zero-order valence-corrected chi connectivity index (χ0v) is 16.8. The Morgan fingerprint density at radius 1 is 1.00 bits per heavy atom. The Balaban J connectivity index is 1.40. The smallest absolute Gasteiger partial charge is 0.341 e. The highest BCUT2D eigenvalue weighted by Crippen LogP contribution is 2.23. The fourth-order valence-corrected chi connectivity index (χ4v) is 4.26. The van der Waals surface area contributed by atoms with Gasteiger partial charge in [0.15, 0.2) is 0 Å². The van der Waals surface area contributed by atoms with Crippen molar-refractivity contribution in [1.29, 1.82) is 0 Å². The van der Waals surface area contributed by atoms with Crippen LogP contribution in [0, 0.1) is 0 Å². The molecule has 0 atom stereocenters. The van der Waals surface area contributed by atoms with E-state index in [4.69, 9.17) is 0 Å². The molecule has 0 bridgehead atoms. The minimum atomic E-state index is -4.58. The molecule has 0 spiro atoms. The molecule has 0 unspecified atom stereocenters. The summed E-state index contributed by atoms with van der Waals surface area (Å²) in [4.78, 5) is 23.4. The second kappa shape index (κ2) is 8.11. The Morgan fingerprint density at radius 3 is 2.33 bits per heavy atom. The highest BCUT2D eigenvalue weighted by Gasteiger charge is 2.26. The van der Waals surface area contributed by atoms with Crippen LogP contribution in [0.3, 0.4) is 0 Å². The highest BCUT2D eigenvalue weighted by molar-refractivity contribution is 7.91. The number of H-pyrrole nitrogens is 1. The summed E-state index contributed by atoms with van der Waals surface area (Å²) in [5, 5.41) is 0.559. The van der Waals surface area contributed by atoms with E-state index in [0.29, 0.717) is 49.5 Å². The van der Waals surface area contributed by atoms with Crippen molar-refractivity contribution in [2.45, 2.75) is 17.2 Å². The third-order valence-corrected chi connectivity index (χ3v) is 6.57. The number of alkyl halides is 2. The van der Waals surface area contributed by atoms with Crippen molar-refractivity contribution in [2.24, 2.45) is 0 Å². The van der Waals surface area contributed by atoms with Gasteiger partial charge in [-0.25, -0.2) is 13.4 Å². The Labute approximate surface area is 171 Å². The number of halogens is 2. The summed E-state index contributed by atoms with van der Waals surface area (Å²) in [5.74, 6) is -2.82. The predicted octanol–water partition coefficient (Wildman–Crippen LogP) is 2.24. The number of piperazine rings is 1.